The van der Waals surface area contributed by atoms with Gasteiger partial charge in [0.2, 0.25) is 10.0 Å². The Morgan fingerprint density at radius 2 is 1.27 bits per heavy atom. The van der Waals surface area contributed by atoms with Gasteiger partial charge in [-0.1, -0.05) is 35.9 Å². The number of aromatic nitrogens is 1. The van der Waals surface area contributed by atoms with E-state index in [1.807, 2.05) is 49.5 Å². The molecule has 1 unspecified atom stereocenters. The van der Waals surface area contributed by atoms with Gasteiger partial charge in [0.15, 0.2) is 5.41 Å². The van der Waals surface area contributed by atoms with E-state index in [1.165, 1.54) is 17.1 Å². The predicted octanol–water partition coefficient (Wildman–Crippen LogP) is 7.45. The molecule has 0 spiro atoms. The van der Waals surface area contributed by atoms with Crippen molar-refractivity contribution in [2.24, 2.45) is 58.7 Å². The Kier molecular flexibility index (Phi) is 7.99. The fourth-order valence-electron chi connectivity index (χ4n) is 12.7. The zero-order chi connectivity index (χ0) is 35.4. The predicted molar refractivity (Wildman–Crippen MR) is 196 cm³/mol. The van der Waals surface area contributed by atoms with Crippen molar-refractivity contribution in [1.82, 2.24) is 9.29 Å². The van der Waals surface area contributed by atoms with Crippen LogP contribution in [0.15, 0.2) is 59.6 Å². The summed E-state index contributed by atoms with van der Waals surface area (Å²) in [7, 11) is -3.94. The minimum atomic E-state index is -3.94. The first-order valence-electron chi connectivity index (χ1n) is 20.2. The first kappa shape index (κ1) is 33.4. The number of sulfonamides is 1. The lowest BCUT2D eigenvalue weighted by Gasteiger charge is -2.54. The molecule has 0 saturated heterocycles. The summed E-state index contributed by atoms with van der Waals surface area (Å²) in [6, 6.07) is 15.0. The quantitative estimate of drug-likeness (QED) is 0.163. The van der Waals surface area contributed by atoms with Crippen LogP contribution in [0, 0.1) is 65.6 Å². The van der Waals surface area contributed by atoms with Crippen molar-refractivity contribution in [3.05, 3.63) is 65.9 Å². The zero-order valence-electron chi connectivity index (χ0n) is 30.3. The zero-order valence-corrected chi connectivity index (χ0v) is 31.1. The van der Waals surface area contributed by atoms with Gasteiger partial charge in [0.25, 0.3) is 0 Å². The number of carbonyl (C=O) groups is 2. The number of aromatic amines is 1. The van der Waals surface area contributed by atoms with Crippen LogP contribution in [0.1, 0.15) is 81.8 Å². The lowest BCUT2D eigenvalue weighted by atomic mass is 9.55. The number of para-hydroxylation sites is 1. The van der Waals surface area contributed by atoms with Gasteiger partial charge in [-0.2, -0.15) is 4.31 Å². The average molecular weight is 725 g/mol. The Balaban J connectivity index is 0.945. The Morgan fingerprint density at radius 1 is 0.750 bits per heavy atom. The van der Waals surface area contributed by atoms with Crippen LogP contribution in [0.4, 0.5) is 0 Å². The minimum absolute atomic E-state index is 0.0616. The van der Waals surface area contributed by atoms with E-state index in [0.29, 0.717) is 30.1 Å². The molecule has 8 nitrogen and oxygen atoms in total. The number of hydrogen-bond acceptors (Lipinski definition) is 6. The van der Waals surface area contributed by atoms with E-state index in [4.69, 9.17) is 9.47 Å². The molecule has 1 heterocycles. The maximum Gasteiger partial charge on any atom is 0.324 e. The average Bonchev–Trinajstić information content (AvgIpc) is 3.71. The second-order valence-electron chi connectivity index (χ2n) is 18.3. The van der Waals surface area contributed by atoms with Crippen LogP contribution in [0.2, 0.25) is 0 Å². The third-order valence-corrected chi connectivity index (χ3v) is 16.9. The lowest BCUT2D eigenvalue weighted by molar-refractivity contribution is -0.192. The molecule has 12 rings (SSSR count). The van der Waals surface area contributed by atoms with Gasteiger partial charge in [-0.3, -0.25) is 9.59 Å². The molecule has 52 heavy (non-hydrogen) atoms. The van der Waals surface area contributed by atoms with E-state index in [1.54, 1.807) is 12.1 Å². The summed E-state index contributed by atoms with van der Waals surface area (Å²) >= 11 is 0. The van der Waals surface area contributed by atoms with E-state index in [2.05, 4.69) is 4.98 Å². The van der Waals surface area contributed by atoms with Crippen molar-refractivity contribution < 1.29 is 27.5 Å². The van der Waals surface area contributed by atoms with Gasteiger partial charge in [-0.15, -0.1) is 0 Å². The number of nitrogens with zero attached hydrogens (tertiary/aromatic N) is 1. The van der Waals surface area contributed by atoms with Gasteiger partial charge in [0.1, 0.15) is 12.2 Å². The van der Waals surface area contributed by atoms with Crippen LogP contribution in [0.3, 0.4) is 0 Å². The number of nitrogens with one attached hydrogen (secondary N) is 1. The summed E-state index contributed by atoms with van der Waals surface area (Å²) in [5, 5.41) is 1.06. The molecule has 0 aliphatic heterocycles. The molecule has 1 aromatic heterocycles. The van der Waals surface area contributed by atoms with Crippen LogP contribution in [-0.2, 0) is 35.5 Å². The second kappa shape index (κ2) is 12.4. The topological polar surface area (TPSA) is 106 Å². The van der Waals surface area contributed by atoms with Crippen molar-refractivity contribution in [2.75, 3.05) is 13.1 Å². The molecule has 3 aromatic rings. The molecule has 276 valence electrons. The number of H-pyrrole nitrogens is 1. The van der Waals surface area contributed by atoms with E-state index in [-0.39, 0.29) is 36.6 Å². The largest absolute Gasteiger partial charge is 0.461 e. The van der Waals surface area contributed by atoms with Crippen LogP contribution in [-0.4, -0.2) is 54.9 Å². The SMILES string of the molecule is Cc1ccc(S(=O)(=O)N(CCc2c[nH]c3ccccc23)CC2CC2(C(=O)OC2C3CC4CC(C3)CC2C4)C(=O)OC2C3CC4CC(C3)CC2C4)cc1. The number of fused-ring (bicyclic) bond motifs is 1. The molecule has 9 heteroatoms. The monoisotopic (exact) mass is 724 g/mol. The molecule has 8 bridgehead atoms. The maximum atomic E-state index is 14.7. The summed E-state index contributed by atoms with van der Waals surface area (Å²) in [5.41, 5.74) is 1.55. The van der Waals surface area contributed by atoms with Crippen LogP contribution in [0.25, 0.3) is 10.9 Å². The molecule has 1 N–H and O–H groups in total. The third kappa shape index (κ3) is 5.57. The van der Waals surface area contributed by atoms with Crippen molar-refractivity contribution in [2.45, 2.75) is 101 Å². The van der Waals surface area contributed by atoms with Gasteiger partial charge < -0.3 is 14.5 Å². The molecule has 9 aliphatic rings. The Hall–Kier alpha value is -3.17. The van der Waals surface area contributed by atoms with E-state index >= 15 is 0 Å². The molecule has 9 aliphatic carbocycles. The number of carbonyl (C=O) groups excluding carboxylic acids is 2. The van der Waals surface area contributed by atoms with Crippen LogP contribution in [0.5, 0.6) is 0 Å². The fraction of sp³-hybridized carbons (Fsp3) is 0.628. The second-order valence-corrected chi connectivity index (χ2v) is 20.2. The molecule has 1 atom stereocenters. The highest BCUT2D eigenvalue weighted by atomic mass is 32.2. The highest BCUT2D eigenvalue weighted by Crippen LogP contribution is 2.60. The van der Waals surface area contributed by atoms with E-state index in [9.17, 15) is 18.0 Å². The number of ether oxygens (including phenoxy) is 2. The minimum Gasteiger partial charge on any atom is -0.461 e. The smallest absolute Gasteiger partial charge is 0.324 e. The van der Waals surface area contributed by atoms with Crippen LogP contribution >= 0.6 is 0 Å². The van der Waals surface area contributed by atoms with Gasteiger partial charge in [0.05, 0.1) is 4.90 Å². The summed E-state index contributed by atoms with van der Waals surface area (Å²) < 4.78 is 43.4. The maximum absolute atomic E-state index is 14.7. The van der Waals surface area contributed by atoms with Crippen molar-refractivity contribution in [3.63, 3.8) is 0 Å². The van der Waals surface area contributed by atoms with Crippen molar-refractivity contribution in [3.8, 4) is 0 Å². The van der Waals surface area contributed by atoms with Gasteiger partial charge in [0, 0.05) is 36.1 Å². The van der Waals surface area contributed by atoms with Crippen molar-refractivity contribution >= 4 is 32.9 Å². The van der Waals surface area contributed by atoms with Gasteiger partial charge >= 0.3 is 11.9 Å². The Bertz CT molecular complexity index is 1870. The molecular formula is C43H52N2O6S. The molecule has 9 saturated carbocycles. The first-order chi connectivity index (χ1) is 25.1. The lowest BCUT2D eigenvalue weighted by Crippen LogP contribution is -2.53. The summed E-state index contributed by atoms with van der Waals surface area (Å²) in [6.07, 6.45) is 13.9. The molecule has 0 amide bonds. The number of hydrogen-bond donors (Lipinski definition) is 1. The molecule has 0 radical (unpaired) electrons. The van der Waals surface area contributed by atoms with Crippen molar-refractivity contribution in [1.29, 1.82) is 0 Å². The molecule has 2 aromatic carbocycles. The number of esters is 2. The summed E-state index contributed by atoms with van der Waals surface area (Å²) in [5.74, 6) is 2.96. The number of rotatable bonds is 11. The Morgan fingerprint density at radius 3 is 1.81 bits per heavy atom. The van der Waals surface area contributed by atoms with E-state index in [0.717, 1.165) is 97.1 Å². The highest BCUT2D eigenvalue weighted by Gasteiger charge is 2.70. The van der Waals surface area contributed by atoms with Crippen LogP contribution < -0.4 is 0 Å². The molecular weight excluding hydrogens is 673 g/mol. The van der Waals surface area contributed by atoms with E-state index < -0.39 is 33.3 Å². The third-order valence-electron chi connectivity index (χ3n) is 15.0. The number of aryl methyl sites for hydroxylation is 1. The standard InChI is InChI=1S/C43H52N2O6S/c1-25-6-8-36(9-7-25)52(48,49)45(11-10-30-23-44-38-5-3-2-4-37(30)38)24-35-22-43(35,41(46)50-39-31-14-26-12-27(16-31)17-32(39)15-26)42(47)51-40-33-18-28-13-29(20-33)21-34(40)19-28/h2-9,23,26-29,31-35,39-40,44H,10-22,24H2,1H3. The molecule has 9 fully saturated rings. The number of benzene rings is 2. The van der Waals surface area contributed by atoms with Gasteiger partial charge in [-0.25, -0.2) is 8.42 Å². The normalized spacial score (nSPS) is 38.2. The van der Waals surface area contributed by atoms with Gasteiger partial charge in [-0.05, 0) is 155 Å². The summed E-state index contributed by atoms with van der Waals surface area (Å²) in [6.45, 7) is 2.22. The highest BCUT2D eigenvalue weighted by molar-refractivity contribution is 7.89. The fourth-order valence-corrected chi connectivity index (χ4v) is 14.2. The first-order valence-corrected chi connectivity index (χ1v) is 21.6. The Labute approximate surface area is 307 Å². The summed E-state index contributed by atoms with van der Waals surface area (Å²) in [4.78, 5) is 32.8.